The molecule has 1 heterocycles. The molecule has 0 amide bonds. The van der Waals surface area contributed by atoms with Gasteiger partial charge < -0.3 is 15.4 Å². The number of nitrogen functional groups attached to an aromatic ring is 1. The number of carboxylic acids is 1. The van der Waals surface area contributed by atoms with E-state index in [1.807, 2.05) is 0 Å². The lowest BCUT2D eigenvalue weighted by Crippen LogP contribution is -2.11. The van der Waals surface area contributed by atoms with E-state index in [9.17, 15) is 31.1 Å². The molecule has 3 N–H and O–H groups in total. The van der Waals surface area contributed by atoms with Crippen molar-refractivity contribution < 1.29 is 40.8 Å². The average molecular weight is 446 g/mol. The molecule has 5 nitrogen and oxygen atoms in total. The topological polar surface area (TPSA) is 89.3 Å². The van der Waals surface area contributed by atoms with Crippen molar-refractivity contribution in [2.75, 3.05) is 5.73 Å². The normalized spacial score (nSPS) is 11.6. The number of alkyl halides is 6. The summed E-state index contributed by atoms with van der Waals surface area (Å²) in [6.07, 6.45) is -9.46. The second-order valence-electron chi connectivity index (χ2n) is 6.38. The summed E-state index contributed by atoms with van der Waals surface area (Å²) in [4.78, 5) is 10.4. The van der Waals surface area contributed by atoms with Crippen LogP contribution < -0.4 is 5.73 Å². The molecule has 166 valence electrons. The van der Waals surface area contributed by atoms with Crippen molar-refractivity contribution in [3.63, 3.8) is 0 Å². The van der Waals surface area contributed by atoms with Crippen LogP contribution in [0, 0.1) is 13.8 Å². The molecule has 0 radical (unpaired) electrons. The Morgan fingerprint density at radius 2 is 1.55 bits per heavy atom. The number of aromatic carboxylic acids is 1. The Morgan fingerprint density at radius 1 is 0.968 bits per heavy atom. The summed E-state index contributed by atoms with van der Waals surface area (Å²) in [6.45, 7) is 3.17. The summed E-state index contributed by atoms with van der Waals surface area (Å²) < 4.78 is 81.5. The van der Waals surface area contributed by atoms with Gasteiger partial charge in [0.25, 0.3) is 0 Å². The van der Waals surface area contributed by atoms with Crippen LogP contribution in [0.3, 0.4) is 0 Å². The summed E-state index contributed by atoms with van der Waals surface area (Å²) in [5, 5.41) is 12.0. The van der Waals surface area contributed by atoms with Gasteiger partial charge in [-0.15, -0.1) is 0 Å². The highest BCUT2D eigenvalue weighted by atomic mass is 19.4. The molecule has 11 heteroatoms. The highest BCUT2D eigenvalue weighted by Gasteiger charge is 2.37. The van der Waals surface area contributed by atoms with E-state index < -0.39 is 35.0 Å². The van der Waals surface area contributed by atoms with Gasteiger partial charge in [0, 0.05) is 5.69 Å². The van der Waals surface area contributed by atoms with Crippen molar-refractivity contribution in [2.24, 2.45) is 0 Å². The van der Waals surface area contributed by atoms with Crippen LogP contribution >= 0.6 is 0 Å². The third kappa shape index (κ3) is 5.77. The molecule has 2 aromatic carbocycles. The van der Waals surface area contributed by atoms with Gasteiger partial charge in [-0.1, -0.05) is 17.3 Å². The fraction of sp³-hybridized carbons (Fsp3) is 0.200. The maximum atomic E-state index is 12.9. The quantitative estimate of drug-likeness (QED) is 0.374. The predicted molar refractivity (Wildman–Crippen MR) is 99.2 cm³/mol. The molecule has 1 aromatic heterocycles. The Balaban J connectivity index is 0.000000285. The van der Waals surface area contributed by atoms with Crippen LogP contribution in [-0.4, -0.2) is 16.2 Å². The largest absolute Gasteiger partial charge is 0.477 e. The van der Waals surface area contributed by atoms with Crippen LogP contribution in [0.2, 0.25) is 0 Å². The van der Waals surface area contributed by atoms with Crippen LogP contribution in [0.4, 0.5) is 32.0 Å². The molecule has 3 aromatic rings. The highest BCUT2D eigenvalue weighted by molar-refractivity contribution is 5.89. The molecule has 0 saturated heterocycles. The number of carbonyl (C=O) groups is 1. The van der Waals surface area contributed by atoms with Crippen molar-refractivity contribution >= 4 is 11.7 Å². The van der Waals surface area contributed by atoms with E-state index in [0.29, 0.717) is 35.3 Å². The molecule has 0 atom stereocenters. The van der Waals surface area contributed by atoms with Gasteiger partial charge in [-0.25, -0.2) is 4.79 Å². The van der Waals surface area contributed by atoms with Crippen molar-refractivity contribution in [3.05, 3.63) is 70.6 Å². The molecule has 3 rings (SSSR count). The monoisotopic (exact) mass is 446 g/mol. The zero-order valence-electron chi connectivity index (χ0n) is 16.1. The number of aromatic nitrogens is 1. The first-order valence-corrected chi connectivity index (χ1v) is 8.52. The van der Waals surface area contributed by atoms with Gasteiger partial charge >= 0.3 is 18.3 Å². The first-order chi connectivity index (χ1) is 14.2. The number of nitrogens with zero attached hydrogens (tertiary/aromatic N) is 1. The molecule has 0 aliphatic carbocycles. The predicted octanol–water partition coefficient (Wildman–Crippen LogP) is 5.96. The number of nitrogens with two attached hydrogens (primary N) is 1. The third-order valence-corrected chi connectivity index (χ3v) is 4.12. The van der Waals surface area contributed by atoms with Gasteiger partial charge in [0.05, 0.1) is 16.8 Å². The number of rotatable bonds is 2. The minimum absolute atomic E-state index is 0.0163. The molecular weight excluding hydrogens is 430 g/mol. The second kappa shape index (κ2) is 8.70. The Morgan fingerprint density at radius 3 is 1.94 bits per heavy atom. The summed E-state index contributed by atoms with van der Waals surface area (Å²) in [5.74, 6) is -0.638. The minimum atomic E-state index is -4.75. The van der Waals surface area contributed by atoms with E-state index in [-0.39, 0.29) is 11.1 Å². The van der Waals surface area contributed by atoms with Gasteiger partial charge in [0.15, 0.2) is 0 Å². The Hall–Kier alpha value is -3.50. The number of benzene rings is 2. The lowest BCUT2D eigenvalue weighted by atomic mass is 9.96. The lowest BCUT2D eigenvalue weighted by Gasteiger charge is -2.16. The van der Waals surface area contributed by atoms with Crippen LogP contribution in [0.5, 0.6) is 0 Å². The number of anilines is 1. The Kier molecular flexibility index (Phi) is 6.67. The van der Waals surface area contributed by atoms with E-state index in [0.717, 1.165) is 0 Å². The standard InChI is InChI=1S/C14H9F6N.C6H7NO3/c15-13(16,17)9-3-6-12(14(18,19)20)11(7-9)8-1-4-10(21)5-2-8;1-3-5(6(8)9)4(2)10-7-3/h1-7H,21H2;1-2H3,(H,8,9). The second-order valence-corrected chi connectivity index (χ2v) is 6.38. The van der Waals surface area contributed by atoms with Crippen LogP contribution in [-0.2, 0) is 12.4 Å². The zero-order valence-corrected chi connectivity index (χ0v) is 16.1. The number of halogens is 6. The van der Waals surface area contributed by atoms with Crippen molar-refractivity contribution in [1.82, 2.24) is 5.16 Å². The van der Waals surface area contributed by atoms with Gasteiger partial charge in [0.2, 0.25) is 0 Å². The first-order valence-electron chi connectivity index (χ1n) is 8.52. The van der Waals surface area contributed by atoms with E-state index in [2.05, 4.69) is 9.68 Å². The van der Waals surface area contributed by atoms with Gasteiger partial charge in [-0.3, -0.25) is 0 Å². The fourth-order valence-electron chi connectivity index (χ4n) is 2.66. The summed E-state index contributed by atoms with van der Waals surface area (Å²) in [6, 6.07) is 6.51. The van der Waals surface area contributed by atoms with Crippen molar-refractivity contribution in [2.45, 2.75) is 26.2 Å². The smallest absolute Gasteiger partial charge is 0.417 e. The maximum Gasteiger partial charge on any atom is 0.417 e. The highest BCUT2D eigenvalue weighted by Crippen LogP contribution is 2.40. The molecule has 0 saturated carbocycles. The molecule has 31 heavy (non-hydrogen) atoms. The van der Waals surface area contributed by atoms with Gasteiger partial charge in [0.1, 0.15) is 11.3 Å². The van der Waals surface area contributed by atoms with Gasteiger partial charge in [-0.05, 0) is 55.3 Å². The first kappa shape index (κ1) is 23.8. The van der Waals surface area contributed by atoms with E-state index in [1.165, 1.54) is 24.3 Å². The van der Waals surface area contributed by atoms with Crippen LogP contribution in [0.15, 0.2) is 47.0 Å². The lowest BCUT2D eigenvalue weighted by molar-refractivity contribution is -0.141. The van der Waals surface area contributed by atoms with Crippen molar-refractivity contribution in [3.8, 4) is 11.1 Å². The SMILES string of the molecule is Cc1noc(C)c1C(=O)O.Nc1ccc(-c2cc(C(F)(F)F)ccc2C(F)(F)F)cc1. The van der Waals surface area contributed by atoms with Crippen molar-refractivity contribution in [1.29, 1.82) is 0 Å². The maximum absolute atomic E-state index is 12.9. The number of carboxylic acid groups (broad SMARTS) is 1. The molecular formula is C20H16F6N2O3. The molecule has 0 fully saturated rings. The molecule has 0 aliphatic rings. The molecule has 0 aliphatic heterocycles. The van der Waals surface area contributed by atoms with E-state index >= 15 is 0 Å². The average Bonchev–Trinajstić information content (AvgIpc) is 2.99. The zero-order chi connectivity index (χ0) is 23.6. The minimum Gasteiger partial charge on any atom is -0.477 e. The van der Waals surface area contributed by atoms with E-state index in [4.69, 9.17) is 10.8 Å². The Bertz CT molecular complexity index is 1050. The molecule has 0 unspecified atom stereocenters. The van der Waals surface area contributed by atoms with E-state index in [1.54, 1.807) is 13.8 Å². The van der Waals surface area contributed by atoms with Crippen LogP contribution in [0.25, 0.3) is 11.1 Å². The van der Waals surface area contributed by atoms with Gasteiger partial charge in [-0.2, -0.15) is 26.3 Å². The van der Waals surface area contributed by atoms with Crippen LogP contribution in [0.1, 0.15) is 32.9 Å². The summed E-state index contributed by atoms with van der Waals surface area (Å²) in [5.41, 5.74) is 3.54. The number of hydrogen-bond donors (Lipinski definition) is 2. The summed E-state index contributed by atoms with van der Waals surface area (Å²) in [7, 11) is 0. The number of hydrogen-bond acceptors (Lipinski definition) is 4. The molecule has 0 bridgehead atoms. The summed E-state index contributed by atoms with van der Waals surface area (Å²) >= 11 is 0. The fourth-order valence-corrected chi connectivity index (χ4v) is 2.66. The molecule has 0 spiro atoms. The Labute approximate surface area is 172 Å². The third-order valence-electron chi connectivity index (χ3n) is 4.12. The number of aryl methyl sites for hydroxylation is 2.